The number of aromatic hydroxyl groups is 1. The quantitative estimate of drug-likeness (QED) is 0.641. The van der Waals surface area contributed by atoms with Gasteiger partial charge in [0.1, 0.15) is 11.5 Å². The zero-order valence-corrected chi connectivity index (χ0v) is 16.8. The van der Waals surface area contributed by atoms with Crippen LogP contribution >= 0.6 is 0 Å². The minimum Gasteiger partial charge on any atom is -0.508 e. The van der Waals surface area contributed by atoms with E-state index in [0.717, 1.165) is 0 Å². The van der Waals surface area contributed by atoms with Gasteiger partial charge in [0.2, 0.25) is 0 Å². The van der Waals surface area contributed by atoms with Crippen LogP contribution in [-0.4, -0.2) is 36.1 Å². The number of carbonyl (C=O) groups excluding carboxylic acids is 2. The standard InChI is InChI=1S/C22H28N2O4/c1-15(28-19-11-7-17(8-12-19)22(2,3)4)20(26)23-13-14-24-21(27)16-5-9-18(25)10-6-16/h5-12,15,25H,13-14H2,1-4H3,(H,23,26)(H,24,27). The van der Waals surface area contributed by atoms with Gasteiger partial charge in [0.25, 0.3) is 11.8 Å². The summed E-state index contributed by atoms with van der Waals surface area (Å²) in [6, 6.07) is 13.7. The molecule has 2 rings (SSSR count). The Labute approximate surface area is 165 Å². The molecule has 6 heteroatoms. The Balaban J connectivity index is 1.73. The second kappa shape index (κ2) is 9.26. The number of hydrogen-bond donors (Lipinski definition) is 3. The van der Waals surface area contributed by atoms with Crippen molar-refractivity contribution in [2.75, 3.05) is 13.1 Å². The number of phenols is 1. The van der Waals surface area contributed by atoms with Gasteiger partial charge in [-0.05, 0) is 54.3 Å². The Bertz CT molecular complexity index is 793. The number of phenolic OH excluding ortho intramolecular Hbond substituents is 1. The second-order valence-corrected chi connectivity index (χ2v) is 7.63. The number of rotatable bonds is 7. The van der Waals surface area contributed by atoms with Crippen molar-refractivity contribution in [2.24, 2.45) is 0 Å². The lowest BCUT2D eigenvalue weighted by molar-refractivity contribution is -0.127. The van der Waals surface area contributed by atoms with E-state index in [2.05, 4.69) is 31.4 Å². The zero-order chi connectivity index (χ0) is 20.7. The van der Waals surface area contributed by atoms with Crippen molar-refractivity contribution in [3.05, 3.63) is 59.7 Å². The maximum absolute atomic E-state index is 12.1. The van der Waals surface area contributed by atoms with Crippen LogP contribution in [0.1, 0.15) is 43.6 Å². The number of benzene rings is 2. The SMILES string of the molecule is CC(Oc1ccc(C(C)(C)C)cc1)C(=O)NCCNC(=O)c1ccc(O)cc1. The summed E-state index contributed by atoms with van der Waals surface area (Å²) in [7, 11) is 0. The van der Waals surface area contributed by atoms with E-state index in [-0.39, 0.29) is 23.0 Å². The fourth-order valence-corrected chi connectivity index (χ4v) is 2.51. The minimum atomic E-state index is -0.645. The monoisotopic (exact) mass is 384 g/mol. The topological polar surface area (TPSA) is 87.7 Å². The molecule has 0 aromatic heterocycles. The van der Waals surface area contributed by atoms with Crippen molar-refractivity contribution in [3.63, 3.8) is 0 Å². The molecule has 28 heavy (non-hydrogen) atoms. The Morgan fingerprint density at radius 1 is 0.964 bits per heavy atom. The first kappa shape index (κ1) is 21.3. The molecule has 6 nitrogen and oxygen atoms in total. The molecule has 0 bridgehead atoms. The molecule has 0 fully saturated rings. The first-order chi connectivity index (χ1) is 13.2. The van der Waals surface area contributed by atoms with Crippen LogP contribution in [0.2, 0.25) is 0 Å². The molecule has 0 aliphatic heterocycles. The van der Waals surface area contributed by atoms with E-state index >= 15 is 0 Å². The molecule has 2 amide bonds. The van der Waals surface area contributed by atoms with Gasteiger partial charge in [0.15, 0.2) is 6.10 Å². The summed E-state index contributed by atoms with van der Waals surface area (Å²) in [5.74, 6) is 0.221. The zero-order valence-electron chi connectivity index (χ0n) is 16.8. The molecule has 150 valence electrons. The van der Waals surface area contributed by atoms with Crippen molar-refractivity contribution >= 4 is 11.8 Å². The number of hydrogen-bond acceptors (Lipinski definition) is 4. The molecule has 0 aliphatic rings. The summed E-state index contributed by atoms with van der Waals surface area (Å²) in [5, 5.41) is 14.7. The molecule has 1 unspecified atom stereocenters. The van der Waals surface area contributed by atoms with E-state index in [9.17, 15) is 14.7 Å². The third-order valence-electron chi connectivity index (χ3n) is 4.24. The maximum Gasteiger partial charge on any atom is 0.260 e. The molecule has 0 saturated carbocycles. The highest BCUT2D eigenvalue weighted by Gasteiger charge is 2.16. The normalized spacial score (nSPS) is 12.1. The predicted molar refractivity (Wildman–Crippen MR) is 109 cm³/mol. The predicted octanol–water partition coefficient (Wildman–Crippen LogP) is 3.00. The molecule has 0 spiro atoms. The maximum atomic E-state index is 12.1. The molecule has 0 aliphatic carbocycles. The summed E-state index contributed by atoms with van der Waals surface area (Å²) in [6.45, 7) is 8.68. The Morgan fingerprint density at radius 3 is 2.11 bits per heavy atom. The molecule has 0 saturated heterocycles. The van der Waals surface area contributed by atoms with Crippen LogP contribution in [0, 0.1) is 0 Å². The fourth-order valence-electron chi connectivity index (χ4n) is 2.51. The molecule has 3 N–H and O–H groups in total. The lowest BCUT2D eigenvalue weighted by Gasteiger charge is -2.20. The molecule has 2 aromatic rings. The Kier molecular flexibility index (Phi) is 7.04. The van der Waals surface area contributed by atoms with Crippen LogP contribution in [0.5, 0.6) is 11.5 Å². The third-order valence-corrected chi connectivity index (χ3v) is 4.24. The van der Waals surface area contributed by atoms with Crippen molar-refractivity contribution in [2.45, 2.75) is 39.2 Å². The number of carbonyl (C=O) groups is 2. The number of nitrogens with one attached hydrogen (secondary N) is 2. The third kappa shape index (κ3) is 6.30. The Hall–Kier alpha value is -3.02. The van der Waals surface area contributed by atoms with Crippen molar-refractivity contribution in [1.82, 2.24) is 10.6 Å². The molecular weight excluding hydrogens is 356 g/mol. The average molecular weight is 384 g/mol. The molecule has 2 aromatic carbocycles. The largest absolute Gasteiger partial charge is 0.508 e. The summed E-state index contributed by atoms with van der Waals surface area (Å²) < 4.78 is 5.68. The van der Waals surface area contributed by atoms with Gasteiger partial charge < -0.3 is 20.5 Å². The summed E-state index contributed by atoms with van der Waals surface area (Å²) in [6.07, 6.45) is -0.645. The smallest absolute Gasteiger partial charge is 0.260 e. The summed E-state index contributed by atoms with van der Waals surface area (Å²) in [4.78, 5) is 24.1. The Morgan fingerprint density at radius 2 is 1.54 bits per heavy atom. The van der Waals surface area contributed by atoms with Gasteiger partial charge in [-0.3, -0.25) is 9.59 Å². The number of ether oxygens (including phenoxy) is 1. The summed E-state index contributed by atoms with van der Waals surface area (Å²) >= 11 is 0. The lowest BCUT2D eigenvalue weighted by Crippen LogP contribution is -2.40. The lowest BCUT2D eigenvalue weighted by atomic mass is 9.87. The fraction of sp³-hybridized carbons (Fsp3) is 0.364. The van der Waals surface area contributed by atoms with Crippen LogP contribution in [0.15, 0.2) is 48.5 Å². The first-order valence-corrected chi connectivity index (χ1v) is 9.29. The van der Waals surface area contributed by atoms with E-state index < -0.39 is 6.10 Å². The molecule has 1 atom stereocenters. The highest BCUT2D eigenvalue weighted by atomic mass is 16.5. The van der Waals surface area contributed by atoms with Crippen molar-refractivity contribution in [3.8, 4) is 11.5 Å². The van der Waals surface area contributed by atoms with E-state index in [1.807, 2.05) is 24.3 Å². The van der Waals surface area contributed by atoms with Gasteiger partial charge in [0.05, 0.1) is 0 Å². The number of amides is 2. The minimum absolute atomic E-state index is 0.0616. The summed E-state index contributed by atoms with van der Waals surface area (Å²) in [5.41, 5.74) is 1.70. The highest BCUT2D eigenvalue weighted by Crippen LogP contribution is 2.24. The highest BCUT2D eigenvalue weighted by molar-refractivity contribution is 5.94. The van der Waals surface area contributed by atoms with Gasteiger partial charge >= 0.3 is 0 Å². The van der Waals surface area contributed by atoms with Crippen molar-refractivity contribution < 1.29 is 19.4 Å². The van der Waals surface area contributed by atoms with Crippen LogP contribution in [0.25, 0.3) is 0 Å². The molecule has 0 heterocycles. The van der Waals surface area contributed by atoms with Gasteiger partial charge in [-0.15, -0.1) is 0 Å². The van der Waals surface area contributed by atoms with Crippen LogP contribution < -0.4 is 15.4 Å². The van der Waals surface area contributed by atoms with Gasteiger partial charge in [-0.2, -0.15) is 0 Å². The van der Waals surface area contributed by atoms with Gasteiger partial charge in [-0.1, -0.05) is 32.9 Å². The molecule has 0 radical (unpaired) electrons. The van der Waals surface area contributed by atoms with E-state index in [0.29, 0.717) is 24.4 Å². The van der Waals surface area contributed by atoms with E-state index in [1.165, 1.54) is 29.8 Å². The average Bonchev–Trinajstić information content (AvgIpc) is 2.65. The van der Waals surface area contributed by atoms with Gasteiger partial charge in [0, 0.05) is 18.7 Å². The van der Waals surface area contributed by atoms with E-state index in [1.54, 1.807) is 6.92 Å². The van der Waals surface area contributed by atoms with Crippen molar-refractivity contribution in [1.29, 1.82) is 0 Å². The van der Waals surface area contributed by atoms with E-state index in [4.69, 9.17) is 4.74 Å². The molecular formula is C22H28N2O4. The van der Waals surface area contributed by atoms with Crippen LogP contribution in [0.4, 0.5) is 0 Å². The van der Waals surface area contributed by atoms with Crippen LogP contribution in [-0.2, 0) is 10.2 Å². The van der Waals surface area contributed by atoms with Crippen LogP contribution in [0.3, 0.4) is 0 Å². The first-order valence-electron chi connectivity index (χ1n) is 9.29. The second-order valence-electron chi connectivity index (χ2n) is 7.63. The van der Waals surface area contributed by atoms with Gasteiger partial charge in [-0.25, -0.2) is 0 Å².